The molecule has 0 saturated carbocycles. The summed E-state index contributed by atoms with van der Waals surface area (Å²) in [6, 6.07) is -0.984. The summed E-state index contributed by atoms with van der Waals surface area (Å²) in [5.74, 6) is 11.1. The average molecular weight is 437 g/mol. The minimum atomic E-state index is -1.07. The van der Waals surface area contributed by atoms with Crippen LogP contribution >= 0.6 is 11.8 Å². The van der Waals surface area contributed by atoms with Crippen molar-refractivity contribution in [1.82, 2.24) is 6.15 Å². The number of thioether (sulfide) groups is 1. The van der Waals surface area contributed by atoms with Crippen LogP contribution in [0.15, 0.2) is 24.3 Å². The number of hydrogen-bond donors (Lipinski definition) is 4. The minimum Gasteiger partial charge on any atom is -0.480 e. The van der Waals surface area contributed by atoms with E-state index in [1.165, 1.54) is 24.6 Å². The number of aldehydes is 1. The second kappa shape index (κ2) is 21.7. The number of allylic oxidation sites excluding steroid dienone is 3. The summed E-state index contributed by atoms with van der Waals surface area (Å²) in [6.45, 7) is 2.17. The Hall–Kier alpha value is -2.03. The van der Waals surface area contributed by atoms with E-state index in [9.17, 15) is 14.7 Å². The molecule has 0 aliphatic rings. The topological polar surface area (TPSA) is 136 Å². The van der Waals surface area contributed by atoms with Crippen molar-refractivity contribution in [3.63, 3.8) is 0 Å². The Kier molecular flexibility index (Phi) is 21.8. The minimum absolute atomic E-state index is 0. The molecular formula is C23H36N2O4S. The number of carboxylic acids is 1. The molecule has 7 N–H and O–H groups in total. The Morgan fingerprint density at radius 1 is 1.17 bits per heavy atom. The molecule has 0 saturated heterocycles. The summed E-state index contributed by atoms with van der Waals surface area (Å²) in [6.07, 6.45) is 13.6. The fourth-order valence-corrected chi connectivity index (χ4v) is 3.33. The molecule has 0 aliphatic carbocycles. The highest BCUT2D eigenvalue weighted by atomic mass is 32.2. The first-order valence-electron chi connectivity index (χ1n) is 10.0. The van der Waals surface area contributed by atoms with E-state index in [1.807, 2.05) is 0 Å². The predicted molar refractivity (Wildman–Crippen MR) is 125 cm³/mol. The standard InChI is InChI=1S/C23H33NO4S.H3N/c1-2-3-4-5-6-7-8-9-10-11-12-13-17-22(21(26)16-14-15-18-25)29-19-20(24)23(27)28;/h11-13,17-18,20-22,26H,2-5,8,14-16,19,24H2,1H3,(H,27,28);1H3/b12-11+,17-13+;/t20-,21-,22+;/m0./s1. The number of nitrogens with two attached hydrogens (primary N) is 1. The van der Waals surface area contributed by atoms with Crippen LogP contribution in [0.2, 0.25) is 0 Å². The van der Waals surface area contributed by atoms with E-state index in [2.05, 4.69) is 30.6 Å². The summed E-state index contributed by atoms with van der Waals surface area (Å²) in [4.78, 5) is 21.3. The molecule has 3 atom stereocenters. The third-order valence-corrected chi connectivity index (χ3v) is 5.29. The van der Waals surface area contributed by atoms with Gasteiger partial charge in [-0.2, -0.15) is 0 Å². The molecule has 0 aromatic heterocycles. The largest absolute Gasteiger partial charge is 0.480 e. The lowest BCUT2D eigenvalue weighted by Crippen LogP contribution is -2.34. The maximum atomic E-state index is 10.9. The van der Waals surface area contributed by atoms with Crippen LogP contribution in [0.25, 0.3) is 0 Å². The van der Waals surface area contributed by atoms with Crippen LogP contribution in [0.4, 0.5) is 0 Å². The quantitative estimate of drug-likeness (QED) is 0.142. The predicted octanol–water partition coefficient (Wildman–Crippen LogP) is 3.48. The molecule has 0 radical (unpaired) electrons. The molecule has 0 bridgehead atoms. The maximum Gasteiger partial charge on any atom is 0.321 e. The maximum absolute atomic E-state index is 10.9. The van der Waals surface area contributed by atoms with Gasteiger partial charge in [-0.3, -0.25) is 4.79 Å². The van der Waals surface area contributed by atoms with E-state index in [0.717, 1.165) is 19.1 Å². The number of carboxylic acid groups (broad SMARTS) is 1. The zero-order valence-electron chi connectivity index (χ0n) is 17.9. The number of aliphatic hydroxyl groups excluding tert-OH is 1. The van der Waals surface area contributed by atoms with Crippen molar-refractivity contribution in [3.8, 4) is 23.7 Å². The van der Waals surface area contributed by atoms with Gasteiger partial charge in [-0.05, 0) is 25.3 Å². The molecule has 0 aromatic rings. The van der Waals surface area contributed by atoms with Crippen LogP contribution in [0, 0.1) is 23.7 Å². The average Bonchev–Trinajstić information content (AvgIpc) is 2.70. The van der Waals surface area contributed by atoms with Gasteiger partial charge in [-0.15, -0.1) is 17.7 Å². The first kappa shape index (κ1) is 30.2. The Morgan fingerprint density at radius 3 is 2.60 bits per heavy atom. The van der Waals surface area contributed by atoms with Gasteiger partial charge in [-0.25, -0.2) is 0 Å². The summed E-state index contributed by atoms with van der Waals surface area (Å²) in [5.41, 5.74) is 5.54. The third-order valence-electron chi connectivity index (χ3n) is 3.89. The van der Waals surface area contributed by atoms with Crippen molar-refractivity contribution in [1.29, 1.82) is 0 Å². The Morgan fingerprint density at radius 2 is 1.93 bits per heavy atom. The Balaban J connectivity index is 0. The van der Waals surface area contributed by atoms with E-state index in [4.69, 9.17) is 10.8 Å². The van der Waals surface area contributed by atoms with Crippen molar-refractivity contribution >= 4 is 24.0 Å². The summed E-state index contributed by atoms with van der Waals surface area (Å²) in [7, 11) is 0. The lowest BCUT2D eigenvalue weighted by molar-refractivity contribution is -0.137. The van der Waals surface area contributed by atoms with Gasteiger partial charge in [-0.1, -0.05) is 55.8 Å². The van der Waals surface area contributed by atoms with Gasteiger partial charge in [0.05, 0.1) is 12.5 Å². The van der Waals surface area contributed by atoms with Crippen LogP contribution in [0.1, 0.15) is 58.3 Å². The van der Waals surface area contributed by atoms with E-state index >= 15 is 0 Å². The van der Waals surface area contributed by atoms with E-state index in [0.29, 0.717) is 25.7 Å². The van der Waals surface area contributed by atoms with Crippen molar-refractivity contribution < 1.29 is 19.8 Å². The Labute approximate surface area is 185 Å². The van der Waals surface area contributed by atoms with Gasteiger partial charge >= 0.3 is 5.97 Å². The van der Waals surface area contributed by atoms with Gasteiger partial charge in [0, 0.05) is 23.8 Å². The van der Waals surface area contributed by atoms with Gasteiger partial charge in [0.25, 0.3) is 0 Å². The fourth-order valence-electron chi connectivity index (χ4n) is 2.20. The monoisotopic (exact) mass is 436 g/mol. The zero-order chi connectivity index (χ0) is 21.7. The Bertz CT molecular complexity index is 641. The number of rotatable bonds is 14. The van der Waals surface area contributed by atoms with Gasteiger partial charge in [0.2, 0.25) is 0 Å². The molecule has 0 aromatic carbocycles. The number of carbonyl (C=O) groups is 2. The molecule has 0 aliphatic heterocycles. The molecule has 0 spiro atoms. The first-order chi connectivity index (χ1) is 14.0. The fraction of sp³-hybridized carbons (Fsp3) is 0.565. The highest BCUT2D eigenvalue weighted by Gasteiger charge is 2.20. The van der Waals surface area contributed by atoms with E-state index in [-0.39, 0.29) is 17.2 Å². The number of aliphatic hydroxyl groups is 1. The van der Waals surface area contributed by atoms with Crippen LogP contribution in [0.3, 0.4) is 0 Å². The van der Waals surface area contributed by atoms with Crippen molar-refractivity contribution in [2.45, 2.75) is 75.7 Å². The SMILES string of the molecule is CCCCCC#CCC#C/C=C/C=C/[C@@H](SC[C@H](N)C(=O)O)[C@@H](O)CCCC=O.N. The third kappa shape index (κ3) is 18.0. The highest BCUT2D eigenvalue weighted by molar-refractivity contribution is 8.00. The lowest BCUT2D eigenvalue weighted by Gasteiger charge is -2.20. The highest BCUT2D eigenvalue weighted by Crippen LogP contribution is 2.21. The molecule has 0 heterocycles. The molecule has 168 valence electrons. The first-order valence-corrected chi connectivity index (χ1v) is 11.1. The lowest BCUT2D eigenvalue weighted by atomic mass is 10.1. The van der Waals surface area contributed by atoms with Crippen LogP contribution in [-0.2, 0) is 9.59 Å². The molecule has 7 heteroatoms. The molecule has 30 heavy (non-hydrogen) atoms. The van der Waals surface area contributed by atoms with Crippen LogP contribution in [0.5, 0.6) is 0 Å². The van der Waals surface area contributed by atoms with E-state index < -0.39 is 18.1 Å². The zero-order valence-corrected chi connectivity index (χ0v) is 18.7. The van der Waals surface area contributed by atoms with Gasteiger partial charge < -0.3 is 26.9 Å². The van der Waals surface area contributed by atoms with E-state index in [1.54, 1.807) is 24.3 Å². The molecular weight excluding hydrogens is 400 g/mol. The van der Waals surface area contributed by atoms with Crippen molar-refractivity contribution in [3.05, 3.63) is 24.3 Å². The second-order valence-electron chi connectivity index (χ2n) is 6.46. The van der Waals surface area contributed by atoms with Crippen molar-refractivity contribution in [2.24, 2.45) is 5.73 Å². The molecule has 0 amide bonds. The normalized spacial score (nSPS) is 13.4. The number of unbranched alkanes of at least 4 members (excludes halogenated alkanes) is 4. The van der Waals surface area contributed by atoms with Crippen LogP contribution < -0.4 is 11.9 Å². The molecule has 0 rings (SSSR count). The molecule has 0 unspecified atom stereocenters. The summed E-state index contributed by atoms with van der Waals surface area (Å²) >= 11 is 1.29. The second-order valence-corrected chi connectivity index (χ2v) is 7.67. The number of carbonyl (C=O) groups excluding carboxylic acids is 1. The number of hydrogen-bond acceptors (Lipinski definition) is 6. The van der Waals surface area contributed by atoms with Crippen LogP contribution in [-0.4, -0.2) is 45.6 Å². The summed E-state index contributed by atoms with van der Waals surface area (Å²) in [5, 5.41) is 18.9. The molecule has 0 fully saturated rings. The smallest absolute Gasteiger partial charge is 0.321 e. The molecule has 6 nitrogen and oxygen atoms in total. The van der Waals surface area contributed by atoms with Gasteiger partial charge in [0.15, 0.2) is 0 Å². The van der Waals surface area contributed by atoms with Gasteiger partial charge in [0.1, 0.15) is 12.3 Å². The number of aliphatic carboxylic acids is 1. The van der Waals surface area contributed by atoms with Crippen molar-refractivity contribution in [2.75, 3.05) is 5.75 Å². The summed E-state index contributed by atoms with van der Waals surface area (Å²) < 4.78 is 0.